The monoisotopic (exact) mass is 420 g/mol. The van der Waals surface area contributed by atoms with Crippen LogP contribution in [0.15, 0.2) is 59.8 Å². The Hall–Kier alpha value is -3.43. The molecule has 0 N–H and O–H groups in total. The number of aromatic nitrogens is 3. The number of hydrogen-bond acceptors (Lipinski definition) is 3. The molecule has 3 heterocycles. The van der Waals surface area contributed by atoms with E-state index in [4.69, 9.17) is 0 Å². The van der Waals surface area contributed by atoms with Gasteiger partial charge in [0.2, 0.25) is 0 Å². The highest BCUT2D eigenvalue weighted by atomic mass is 19.4. The van der Waals surface area contributed by atoms with Gasteiger partial charge in [-0.05, 0) is 43.3 Å². The van der Waals surface area contributed by atoms with Gasteiger partial charge in [0.25, 0.3) is 5.91 Å². The predicted molar refractivity (Wildman–Crippen MR) is 101 cm³/mol. The van der Waals surface area contributed by atoms with Gasteiger partial charge >= 0.3 is 11.9 Å². The number of carbonyl (C=O) groups excluding carboxylic acids is 1. The fourth-order valence-electron chi connectivity index (χ4n) is 3.80. The van der Waals surface area contributed by atoms with Crippen molar-refractivity contribution in [3.05, 3.63) is 71.0 Å². The molecule has 156 valence electrons. The number of imidazole rings is 1. The molecule has 30 heavy (non-hydrogen) atoms. The zero-order valence-corrected chi connectivity index (χ0v) is 15.8. The van der Waals surface area contributed by atoms with Gasteiger partial charge in [0.05, 0.1) is 22.3 Å². The minimum Gasteiger partial charge on any atom is -0.332 e. The second kappa shape index (κ2) is 6.54. The number of nitrogens with zero attached hydrogens (tertiary/aromatic N) is 4. The van der Waals surface area contributed by atoms with E-state index in [0.29, 0.717) is 11.2 Å². The third kappa shape index (κ3) is 2.99. The number of carbonyl (C=O) groups is 1. The minimum atomic E-state index is -4.49. The minimum absolute atomic E-state index is 0.0668. The Morgan fingerprint density at radius 1 is 1.17 bits per heavy atom. The van der Waals surface area contributed by atoms with Crippen LogP contribution in [-0.4, -0.2) is 38.0 Å². The van der Waals surface area contributed by atoms with Crippen LogP contribution in [0.1, 0.15) is 12.5 Å². The first-order chi connectivity index (χ1) is 14.0. The Labute approximate surface area is 167 Å². The molecular weight excluding hydrogens is 404 g/mol. The lowest BCUT2D eigenvalue weighted by molar-refractivity contribution is -0.138. The fourth-order valence-corrected chi connectivity index (χ4v) is 3.80. The number of hydrogen-bond donors (Lipinski definition) is 0. The average molecular weight is 420 g/mol. The van der Waals surface area contributed by atoms with Crippen LogP contribution < -0.4 is 5.69 Å². The van der Waals surface area contributed by atoms with Crippen molar-refractivity contribution in [3.8, 4) is 5.69 Å². The van der Waals surface area contributed by atoms with Gasteiger partial charge in [-0.1, -0.05) is 6.58 Å². The van der Waals surface area contributed by atoms with Gasteiger partial charge < -0.3 is 4.90 Å². The Kier molecular flexibility index (Phi) is 4.33. The van der Waals surface area contributed by atoms with Crippen LogP contribution in [0.5, 0.6) is 0 Å². The predicted octanol–water partition coefficient (Wildman–Crippen LogP) is 3.25. The first-order valence-corrected chi connectivity index (χ1v) is 8.93. The molecule has 2 aromatic heterocycles. The van der Waals surface area contributed by atoms with Gasteiger partial charge in [0, 0.05) is 19.3 Å². The number of benzene rings is 1. The Bertz CT molecular complexity index is 1220. The van der Waals surface area contributed by atoms with E-state index >= 15 is 0 Å². The summed E-state index contributed by atoms with van der Waals surface area (Å²) >= 11 is 0. The number of halogens is 4. The number of amides is 1. The van der Waals surface area contributed by atoms with Crippen molar-refractivity contribution in [2.24, 2.45) is 0 Å². The standard InChI is InChI=1S/C20H16F4N4O2/c1-12(21)17(29)26-10-19(2,11-26)28-16-15(4-3-9-25-16)27(18(28)30)14-7-5-13(6-8-14)20(22,23)24/h3-9H,1,10-11H2,2H3. The van der Waals surface area contributed by atoms with E-state index in [9.17, 15) is 27.2 Å². The first-order valence-electron chi connectivity index (χ1n) is 8.93. The van der Waals surface area contributed by atoms with E-state index < -0.39 is 34.7 Å². The van der Waals surface area contributed by atoms with E-state index in [-0.39, 0.29) is 18.8 Å². The van der Waals surface area contributed by atoms with Crippen molar-refractivity contribution >= 4 is 17.1 Å². The summed E-state index contributed by atoms with van der Waals surface area (Å²) < 4.78 is 54.4. The molecule has 0 radical (unpaired) electrons. The molecular formula is C20H16F4N4O2. The van der Waals surface area contributed by atoms with Gasteiger partial charge in [-0.2, -0.15) is 13.2 Å². The lowest BCUT2D eigenvalue weighted by Crippen LogP contribution is -2.64. The SMILES string of the molecule is C=C(F)C(=O)N1CC(C)(n2c(=O)n(-c3ccc(C(F)(F)F)cc3)c3cccnc32)C1. The summed E-state index contributed by atoms with van der Waals surface area (Å²) in [5.41, 5.74) is -1.23. The number of fused-ring (bicyclic) bond motifs is 1. The maximum Gasteiger partial charge on any atom is 0.416 e. The lowest BCUT2D eigenvalue weighted by atomic mass is 9.91. The quantitative estimate of drug-likeness (QED) is 0.483. The fraction of sp³-hybridized carbons (Fsp3) is 0.250. The average Bonchev–Trinajstić information content (AvgIpc) is 2.96. The van der Waals surface area contributed by atoms with Crippen LogP contribution in [0.4, 0.5) is 17.6 Å². The highest BCUT2D eigenvalue weighted by Gasteiger charge is 2.46. The topological polar surface area (TPSA) is 60.1 Å². The maximum atomic E-state index is 13.3. The van der Waals surface area contributed by atoms with Crippen LogP contribution in [0, 0.1) is 0 Å². The van der Waals surface area contributed by atoms with Gasteiger partial charge in [0.1, 0.15) is 0 Å². The molecule has 0 unspecified atom stereocenters. The van der Waals surface area contributed by atoms with Crippen LogP contribution in [0.2, 0.25) is 0 Å². The third-order valence-corrected chi connectivity index (χ3v) is 5.18. The van der Waals surface area contributed by atoms with E-state index in [2.05, 4.69) is 11.6 Å². The molecule has 6 nitrogen and oxygen atoms in total. The summed E-state index contributed by atoms with van der Waals surface area (Å²) in [6, 6.07) is 7.48. The van der Waals surface area contributed by atoms with Crippen LogP contribution >= 0.6 is 0 Å². The second-order valence-electron chi connectivity index (χ2n) is 7.41. The first kappa shape index (κ1) is 19.9. The van der Waals surface area contributed by atoms with Gasteiger partial charge in [-0.3, -0.25) is 13.9 Å². The molecule has 1 amide bonds. The van der Waals surface area contributed by atoms with Crippen molar-refractivity contribution in [2.75, 3.05) is 13.1 Å². The Morgan fingerprint density at radius 3 is 2.37 bits per heavy atom. The lowest BCUT2D eigenvalue weighted by Gasteiger charge is -2.47. The molecule has 0 saturated carbocycles. The zero-order chi connectivity index (χ0) is 21.8. The molecule has 0 spiro atoms. The van der Waals surface area contributed by atoms with E-state index in [0.717, 1.165) is 12.1 Å². The molecule has 3 aromatic rings. The third-order valence-electron chi connectivity index (χ3n) is 5.18. The van der Waals surface area contributed by atoms with Crippen molar-refractivity contribution in [1.29, 1.82) is 0 Å². The molecule has 1 aliphatic heterocycles. The molecule has 0 bridgehead atoms. The van der Waals surface area contributed by atoms with Crippen molar-refractivity contribution in [2.45, 2.75) is 18.6 Å². The molecule has 0 atom stereocenters. The molecule has 4 rings (SSSR count). The van der Waals surface area contributed by atoms with Gasteiger partial charge in [0.15, 0.2) is 11.5 Å². The second-order valence-corrected chi connectivity index (χ2v) is 7.41. The van der Waals surface area contributed by atoms with Crippen LogP contribution in [0.3, 0.4) is 0 Å². The molecule has 10 heteroatoms. The number of likely N-dealkylation sites (tertiary alicyclic amines) is 1. The smallest absolute Gasteiger partial charge is 0.332 e. The van der Waals surface area contributed by atoms with Crippen molar-refractivity contribution in [1.82, 2.24) is 19.0 Å². The Balaban J connectivity index is 1.81. The molecule has 1 saturated heterocycles. The highest BCUT2D eigenvalue weighted by molar-refractivity contribution is 5.91. The summed E-state index contributed by atoms with van der Waals surface area (Å²) in [6.07, 6.45) is -3.00. The Morgan fingerprint density at radius 2 is 1.80 bits per heavy atom. The summed E-state index contributed by atoms with van der Waals surface area (Å²) in [5, 5.41) is 0. The van der Waals surface area contributed by atoms with Crippen LogP contribution in [0.25, 0.3) is 16.9 Å². The van der Waals surface area contributed by atoms with Crippen LogP contribution in [-0.2, 0) is 16.5 Å². The number of alkyl halides is 3. The zero-order valence-electron chi connectivity index (χ0n) is 15.8. The van der Waals surface area contributed by atoms with E-state index in [1.807, 2.05) is 0 Å². The van der Waals surface area contributed by atoms with Crippen molar-refractivity contribution < 1.29 is 22.4 Å². The summed E-state index contributed by atoms with van der Waals surface area (Å²) in [6.45, 7) is 4.85. The van der Waals surface area contributed by atoms with Gasteiger partial charge in [-0.15, -0.1) is 0 Å². The van der Waals surface area contributed by atoms with Gasteiger partial charge in [-0.25, -0.2) is 14.2 Å². The molecule has 1 fully saturated rings. The normalized spacial score (nSPS) is 15.8. The summed E-state index contributed by atoms with van der Waals surface area (Å²) in [4.78, 5) is 30.6. The summed E-state index contributed by atoms with van der Waals surface area (Å²) in [7, 11) is 0. The maximum absolute atomic E-state index is 13.3. The largest absolute Gasteiger partial charge is 0.416 e. The molecule has 1 aromatic carbocycles. The number of rotatable bonds is 3. The van der Waals surface area contributed by atoms with Crippen molar-refractivity contribution in [3.63, 3.8) is 0 Å². The van der Waals surface area contributed by atoms with E-state index in [1.54, 1.807) is 19.1 Å². The highest BCUT2D eigenvalue weighted by Crippen LogP contribution is 2.33. The molecule has 0 aliphatic carbocycles. The number of pyridine rings is 1. The van der Waals surface area contributed by atoms with E-state index in [1.165, 1.54) is 32.4 Å². The molecule has 1 aliphatic rings. The summed E-state index contributed by atoms with van der Waals surface area (Å²) in [5.74, 6) is -1.94.